The number of hydrogen-bond donors (Lipinski definition) is 1. The minimum Gasteiger partial charge on any atom is -0.492 e. The van der Waals surface area contributed by atoms with Gasteiger partial charge in [0.2, 0.25) is 5.78 Å². The van der Waals surface area contributed by atoms with Crippen molar-refractivity contribution in [1.82, 2.24) is 0 Å². The number of carboxylic acid groups (broad SMARTS) is 1. The maximum Gasteiger partial charge on any atom is 0.306 e. The Hall–Kier alpha value is -2.66. The molecule has 3 rings (SSSR count). The first-order valence-electron chi connectivity index (χ1n) is 7.11. The summed E-state index contributed by atoms with van der Waals surface area (Å²) in [5.41, 5.74) is 0.619. The van der Waals surface area contributed by atoms with Crippen LogP contribution in [0, 0.1) is 0 Å². The summed E-state index contributed by atoms with van der Waals surface area (Å²) in [7, 11) is 0. The highest BCUT2D eigenvalue weighted by molar-refractivity contribution is 7.12. The molecule has 4 nitrogen and oxygen atoms in total. The van der Waals surface area contributed by atoms with Crippen molar-refractivity contribution in [2.75, 3.05) is 6.61 Å². The highest BCUT2D eigenvalue weighted by Gasteiger charge is 2.15. The molecule has 116 valence electrons. The van der Waals surface area contributed by atoms with Gasteiger partial charge in [-0.25, -0.2) is 0 Å². The van der Waals surface area contributed by atoms with E-state index in [1.807, 2.05) is 35.7 Å². The molecule has 0 atom stereocenters. The van der Waals surface area contributed by atoms with Gasteiger partial charge in [0, 0.05) is 10.9 Å². The van der Waals surface area contributed by atoms with Gasteiger partial charge in [0.15, 0.2) is 0 Å². The third-order valence-electron chi connectivity index (χ3n) is 3.45. The van der Waals surface area contributed by atoms with Crippen molar-refractivity contribution in [3.8, 4) is 5.75 Å². The van der Waals surface area contributed by atoms with E-state index < -0.39 is 5.97 Å². The van der Waals surface area contributed by atoms with Crippen molar-refractivity contribution >= 4 is 33.9 Å². The molecule has 0 fully saturated rings. The lowest BCUT2D eigenvalue weighted by Crippen LogP contribution is -2.06. The number of thiophene rings is 1. The molecule has 3 aromatic rings. The lowest BCUT2D eigenvalue weighted by Gasteiger charge is -2.11. The van der Waals surface area contributed by atoms with Gasteiger partial charge in [0.05, 0.1) is 17.9 Å². The normalized spacial score (nSPS) is 10.6. The summed E-state index contributed by atoms with van der Waals surface area (Å²) in [5, 5.41) is 12.2. The van der Waals surface area contributed by atoms with Crippen LogP contribution < -0.4 is 4.74 Å². The molecule has 0 amide bonds. The van der Waals surface area contributed by atoms with E-state index in [-0.39, 0.29) is 18.8 Å². The van der Waals surface area contributed by atoms with Crippen molar-refractivity contribution in [1.29, 1.82) is 0 Å². The number of carbonyl (C=O) groups is 2. The average molecular weight is 326 g/mol. The van der Waals surface area contributed by atoms with E-state index in [4.69, 9.17) is 9.84 Å². The molecule has 23 heavy (non-hydrogen) atoms. The number of rotatable bonds is 6. The van der Waals surface area contributed by atoms with Crippen LogP contribution in [0.2, 0.25) is 0 Å². The van der Waals surface area contributed by atoms with Crippen LogP contribution in [0.1, 0.15) is 21.7 Å². The maximum atomic E-state index is 12.6. The number of ketones is 1. The quantitative estimate of drug-likeness (QED) is 0.696. The van der Waals surface area contributed by atoms with Gasteiger partial charge in [-0.3, -0.25) is 9.59 Å². The Morgan fingerprint density at radius 1 is 1.00 bits per heavy atom. The maximum absolute atomic E-state index is 12.6. The molecule has 1 aromatic heterocycles. The van der Waals surface area contributed by atoms with Crippen LogP contribution in [0.15, 0.2) is 53.9 Å². The molecule has 2 aromatic carbocycles. The van der Waals surface area contributed by atoms with Crippen LogP contribution in [-0.2, 0) is 4.79 Å². The third kappa shape index (κ3) is 3.24. The number of fused-ring (bicyclic) bond motifs is 1. The van der Waals surface area contributed by atoms with Gasteiger partial charge in [0.1, 0.15) is 5.75 Å². The zero-order valence-corrected chi connectivity index (χ0v) is 13.0. The molecule has 0 saturated heterocycles. The standard InChI is InChI=1S/C18H14O4S/c19-17(20)9-10-22-15-8-7-14(12-4-1-2-5-13(12)15)18(21)16-6-3-11-23-16/h1-8,11H,9-10H2,(H,19,20). The second kappa shape index (κ2) is 6.62. The smallest absolute Gasteiger partial charge is 0.306 e. The van der Waals surface area contributed by atoms with Crippen molar-refractivity contribution in [2.24, 2.45) is 0 Å². The summed E-state index contributed by atoms with van der Waals surface area (Å²) in [4.78, 5) is 23.9. The van der Waals surface area contributed by atoms with Crippen LogP contribution in [0.5, 0.6) is 5.75 Å². The van der Waals surface area contributed by atoms with Crippen LogP contribution >= 0.6 is 11.3 Å². The number of benzene rings is 2. The largest absolute Gasteiger partial charge is 0.492 e. The summed E-state index contributed by atoms with van der Waals surface area (Å²) >= 11 is 1.41. The lowest BCUT2D eigenvalue weighted by molar-refractivity contribution is -0.137. The van der Waals surface area contributed by atoms with Crippen LogP contribution in [-0.4, -0.2) is 23.5 Å². The fraction of sp³-hybridized carbons (Fsp3) is 0.111. The summed E-state index contributed by atoms with van der Waals surface area (Å²) < 4.78 is 5.57. The van der Waals surface area contributed by atoms with Crippen molar-refractivity contribution < 1.29 is 19.4 Å². The van der Waals surface area contributed by atoms with E-state index in [2.05, 4.69) is 0 Å². The molecule has 0 aliphatic rings. The summed E-state index contributed by atoms with van der Waals surface area (Å²) in [5.74, 6) is -0.336. The van der Waals surface area contributed by atoms with Crippen molar-refractivity contribution in [2.45, 2.75) is 6.42 Å². The molecule has 1 heterocycles. The Bertz CT molecular complexity index is 853. The first-order valence-corrected chi connectivity index (χ1v) is 7.99. The molecule has 0 saturated carbocycles. The van der Waals surface area contributed by atoms with Crippen LogP contribution in [0.4, 0.5) is 0 Å². The average Bonchev–Trinajstić information content (AvgIpc) is 3.08. The summed E-state index contributed by atoms with van der Waals surface area (Å²) in [6.45, 7) is 0.0948. The van der Waals surface area contributed by atoms with E-state index in [0.29, 0.717) is 16.2 Å². The van der Waals surface area contributed by atoms with E-state index >= 15 is 0 Å². The fourth-order valence-corrected chi connectivity index (χ4v) is 3.06. The fourth-order valence-electron chi connectivity index (χ4n) is 2.38. The molecule has 0 aliphatic heterocycles. The van der Waals surface area contributed by atoms with Gasteiger partial charge in [-0.1, -0.05) is 30.3 Å². The molecular weight excluding hydrogens is 312 g/mol. The van der Waals surface area contributed by atoms with Crippen LogP contribution in [0.3, 0.4) is 0 Å². The second-order valence-corrected chi connectivity index (χ2v) is 5.90. The Morgan fingerprint density at radius 2 is 1.78 bits per heavy atom. The Morgan fingerprint density at radius 3 is 2.48 bits per heavy atom. The van der Waals surface area contributed by atoms with Gasteiger partial charge in [-0.05, 0) is 29.0 Å². The van der Waals surface area contributed by atoms with Gasteiger partial charge in [0.25, 0.3) is 0 Å². The Labute approximate surface area is 137 Å². The summed E-state index contributed by atoms with van der Waals surface area (Å²) in [6.07, 6.45) is -0.0653. The number of ether oxygens (including phenoxy) is 1. The summed E-state index contributed by atoms with van der Waals surface area (Å²) in [6, 6.07) is 14.6. The minimum absolute atomic E-state index is 0.0201. The highest BCUT2D eigenvalue weighted by atomic mass is 32.1. The molecule has 0 aliphatic carbocycles. The van der Waals surface area contributed by atoms with Gasteiger partial charge >= 0.3 is 5.97 Å². The minimum atomic E-state index is -0.904. The molecule has 0 spiro atoms. The molecule has 0 radical (unpaired) electrons. The Kier molecular flexibility index (Phi) is 4.39. The lowest BCUT2D eigenvalue weighted by atomic mass is 10.00. The van der Waals surface area contributed by atoms with Gasteiger partial charge < -0.3 is 9.84 Å². The number of hydrogen-bond acceptors (Lipinski definition) is 4. The predicted octanol–water partition coefficient (Wildman–Crippen LogP) is 3.99. The van der Waals surface area contributed by atoms with Crippen LogP contribution in [0.25, 0.3) is 10.8 Å². The zero-order valence-electron chi connectivity index (χ0n) is 12.2. The molecule has 5 heteroatoms. The second-order valence-electron chi connectivity index (χ2n) is 4.96. The molecular formula is C18H14O4S. The predicted molar refractivity (Wildman–Crippen MR) is 89.4 cm³/mol. The SMILES string of the molecule is O=C(O)CCOc1ccc(C(=O)c2cccs2)c2ccccc12. The Balaban J connectivity index is 1.99. The highest BCUT2D eigenvalue weighted by Crippen LogP contribution is 2.30. The zero-order chi connectivity index (χ0) is 16.2. The van der Waals surface area contributed by atoms with Crippen molar-refractivity contribution in [3.63, 3.8) is 0 Å². The van der Waals surface area contributed by atoms with E-state index in [1.165, 1.54) is 11.3 Å². The number of carboxylic acids is 1. The third-order valence-corrected chi connectivity index (χ3v) is 4.32. The number of aliphatic carboxylic acids is 1. The van der Waals surface area contributed by atoms with Crippen molar-refractivity contribution in [3.05, 3.63) is 64.4 Å². The first kappa shape index (κ1) is 15.2. The molecule has 0 unspecified atom stereocenters. The monoisotopic (exact) mass is 326 g/mol. The van der Waals surface area contributed by atoms with E-state index in [0.717, 1.165) is 10.8 Å². The topological polar surface area (TPSA) is 63.6 Å². The van der Waals surface area contributed by atoms with E-state index in [1.54, 1.807) is 18.2 Å². The first-order chi connectivity index (χ1) is 11.2. The van der Waals surface area contributed by atoms with E-state index in [9.17, 15) is 9.59 Å². The van der Waals surface area contributed by atoms with Gasteiger partial charge in [-0.2, -0.15) is 0 Å². The van der Waals surface area contributed by atoms with Gasteiger partial charge in [-0.15, -0.1) is 11.3 Å². The molecule has 0 bridgehead atoms. The molecule has 1 N–H and O–H groups in total. The number of carbonyl (C=O) groups excluding carboxylic acids is 1.